The lowest BCUT2D eigenvalue weighted by Gasteiger charge is -2.27. The highest BCUT2D eigenvalue weighted by atomic mass is 16.5. The van der Waals surface area contributed by atoms with Crippen molar-refractivity contribution in [3.05, 3.63) is 24.0 Å². The standard InChI is InChI=1S/C17H24N6O3/c1-22(17(24)15-6-4-5-7-18-15)11-16-19-20-21-23(16)12-8-13(25-2)10-14(9-12)26-3/h8-10,15,18H,4-7,11H2,1-3H3/t15-/m1/s1. The summed E-state index contributed by atoms with van der Waals surface area (Å²) in [6.45, 7) is 1.19. The lowest BCUT2D eigenvalue weighted by Crippen LogP contribution is -2.47. The Morgan fingerprint density at radius 2 is 2.00 bits per heavy atom. The SMILES string of the molecule is COc1cc(OC)cc(-n2nnnc2CN(C)C(=O)[C@H]2CCCCN2)c1. The van der Waals surface area contributed by atoms with Crippen molar-refractivity contribution >= 4 is 5.91 Å². The summed E-state index contributed by atoms with van der Waals surface area (Å²) in [4.78, 5) is 14.3. The number of aromatic nitrogens is 4. The van der Waals surface area contributed by atoms with Crippen molar-refractivity contribution in [1.82, 2.24) is 30.4 Å². The van der Waals surface area contributed by atoms with Crippen LogP contribution in [0.5, 0.6) is 11.5 Å². The third-order valence-electron chi connectivity index (χ3n) is 4.48. The van der Waals surface area contributed by atoms with Gasteiger partial charge in [-0.15, -0.1) is 5.10 Å². The van der Waals surface area contributed by atoms with E-state index in [0.29, 0.717) is 29.6 Å². The fourth-order valence-corrected chi connectivity index (χ4v) is 3.04. The van der Waals surface area contributed by atoms with Crippen molar-refractivity contribution in [1.29, 1.82) is 0 Å². The molecule has 1 amide bonds. The second-order valence-corrected chi connectivity index (χ2v) is 6.27. The predicted octanol–water partition coefficient (Wildman–Crippen LogP) is 0.780. The molecule has 2 heterocycles. The highest BCUT2D eigenvalue weighted by Gasteiger charge is 2.25. The van der Waals surface area contributed by atoms with Gasteiger partial charge < -0.3 is 19.7 Å². The van der Waals surface area contributed by atoms with E-state index in [4.69, 9.17) is 9.47 Å². The average molecular weight is 360 g/mol. The Bertz CT molecular complexity index is 734. The predicted molar refractivity (Wildman–Crippen MR) is 94.4 cm³/mol. The number of benzene rings is 1. The number of hydrogen-bond donors (Lipinski definition) is 1. The zero-order valence-corrected chi connectivity index (χ0v) is 15.3. The molecular weight excluding hydrogens is 336 g/mol. The number of nitrogens with zero attached hydrogens (tertiary/aromatic N) is 5. The van der Waals surface area contributed by atoms with Crippen LogP contribution in [-0.4, -0.2) is 64.9 Å². The Hall–Kier alpha value is -2.68. The lowest BCUT2D eigenvalue weighted by molar-refractivity contribution is -0.133. The van der Waals surface area contributed by atoms with Crippen molar-refractivity contribution in [2.45, 2.75) is 31.8 Å². The van der Waals surface area contributed by atoms with Crippen molar-refractivity contribution in [3.63, 3.8) is 0 Å². The van der Waals surface area contributed by atoms with E-state index >= 15 is 0 Å². The summed E-state index contributed by atoms with van der Waals surface area (Å²) in [5, 5.41) is 15.2. The van der Waals surface area contributed by atoms with Crippen LogP contribution in [0, 0.1) is 0 Å². The van der Waals surface area contributed by atoms with Crippen LogP contribution in [0.2, 0.25) is 0 Å². The number of carbonyl (C=O) groups is 1. The van der Waals surface area contributed by atoms with Gasteiger partial charge in [-0.25, -0.2) is 0 Å². The second-order valence-electron chi connectivity index (χ2n) is 6.27. The van der Waals surface area contributed by atoms with Crippen LogP contribution >= 0.6 is 0 Å². The Morgan fingerprint density at radius 3 is 2.62 bits per heavy atom. The summed E-state index contributed by atoms with van der Waals surface area (Å²) < 4.78 is 12.2. The molecule has 9 nitrogen and oxygen atoms in total. The molecule has 0 saturated carbocycles. The molecule has 0 unspecified atom stereocenters. The maximum Gasteiger partial charge on any atom is 0.239 e. The molecule has 9 heteroatoms. The van der Waals surface area contributed by atoms with E-state index in [-0.39, 0.29) is 11.9 Å². The first-order valence-corrected chi connectivity index (χ1v) is 8.61. The van der Waals surface area contributed by atoms with Gasteiger partial charge in [0.1, 0.15) is 11.5 Å². The van der Waals surface area contributed by atoms with Gasteiger partial charge >= 0.3 is 0 Å². The van der Waals surface area contributed by atoms with Gasteiger partial charge in [0, 0.05) is 25.2 Å². The molecule has 1 saturated heterocycles. The van der Waals surface area contributed by atoms with Crippen LogP contribution < -0.4 is 14.8 Å². The molecule has 0 radical (unpaired) electrons. The van der Waals surface area contributed by atoms with Gasteiger partial charge in [-0.1, -0.05) is 6.42 Å². The molecule has 0 spiro atoms. The van der Waals surface area contributed by atoms with Crippen molar-refractivity contribution in [2.75, 3.05) is 27.8 Å². The summed E-state index contributed by atoms with van der Waals surface area (Å²) >= 11 is 0. The maximum absolute atomic E-state index is 12.6. The largest absolute Gasteiger partial charge is 0.497 e. The fourth-order valence-electron chi connectivity index (χ4n) is 3.04. The third-order valence-corrected chi connectivity index (χ3v) is 4.48. The summed E-state index contributed by atoms with van der Waals surface area (Å²) in [6.07, 6.45) is 3.04. The molecule has 1 aliphatic heterocycles. The van der Waals surface area contributed by atoms with E-state index in [1.165, 1.54) is 0 Å². The Balaban J connectivity index is 1.79. The van der Waals surface area contributed by atoms with Gasteiger partial charge in [-0.05, 0) is 29.8 Å². The van der Waals surface area contributed by atoms with Crippen LogP contribution in [0.1, 0.15) is 25.1 Å². The zero-order chi connectivity index (χ0) is 18.5. The Kier molecular flexibility index (Phi) is 5.67. The summed E-state index contributed by atoms with van der Waals surface area (Å²) in [6, 6.07) is 5.27. The maximum atomic E-state index is 12.6. The van der Waals surface area contributed by atoms with Gasteiger partial charge in [0.15, 0.2) is 5.82 Å². The fraction of sp³-hybridized carbons (Fsp3) is 0.529. The van der Waals surface area contributed by atoms with E-state index in [0.717, 1.165) is 25.8 Å². The quantitative estimate of drug-likeness (QED) is 0.813. The topological polar surface area (TPSA) is 94.4 Å². The molecule has 1 aromatic carbocycles. The summed E-state index contributed by atoms with van der Waals surface area (Å²) in [5.41, 5.74) is 0.706. The summed E-state index contributed by atoms with van der Waals surface area (Å²) in [7, 11) is 4.94. The smallest absolute Gasteiger partial charge is 0.239 e. The number of hydrogen-bond acceptors (Lipinski definition) is 7. The van der Waals surface area contributed by atoms with E-state index in [1.54, 1.807) is 36.9 Å². The molecule has 1 atom stereocenters. The average Bonchev–Trinajstić information content (AvgIpc) is 3.15. The first-order chi connectivity index (χ1) is 12.6. The highest BCUT2D eigenvalue weighted by Crippen LogP contribution is 2.25. The highest BCUT2D eigenvalue weighted by molar-refractivity contribution is 5.81. The van der Waals surface area contributed by atoms with Gasteiger partial charge in [0.25, 0.3) is 0 Å². The molecule has 2 aromatic rings. The molecule has 1 fully saturated rings. The lowest BCUT2D eigenvalue weighted by atomic mass is 10.0. The number of carbonyl (C=O) groups excluding carboxylic acids is 1. The molecule has 26 heavy (non-hydrogen) atoms. The van der Waals surface area contributed by atoms with Crippen molar-refractivity contribution in [3.8, 4) is 17.2 Å². The number of nitrogens with one attached hydrogen (secondary N) is 1. The number of ether oxygens (including phenoxy) is 2. The molecular formula is C17H24N6O3. The van der Waals surface area contributed by atoms with E-state index in [9.17, 15) is 4.79 Å². The van der Waals surface area contributed by atoms with Crippen molar-refractivity contribution in [2.24, 2.45) is 0 Å². The molecule has 0 bridgehead atoms. The number of rotatable bonds is 6. The number of methoxy groups -OCH3 is 2. The number of amides is 1. The molecule has 1 aliphatic rings. The van der Waals surface area contributed by atoms with Gasteiger partial charge in [0.2, 0.25) is 5.91 Å². The molecule has 0 aliphatic carbocycles. The number of piperidine rings is 1. The molecule has 1 N–H and O–H groups in total. The molecule has 140 valence electrons. The zero-order valence-electron chi connectivity index (χ0n) is 15.3. The number of likely N-dealkylation sites (N-methyl/N-ethyl adjacent to an activating group) is 1. The first kappa shape index (κ1) is 18.1. The minimum absolute atomic E-state index is 0.0578. The van der Waals surface area contributed by atoms with Crippen LogP contribution in [0.25, 0.3) is 5.69 Å². The second kappa shape index (κ2) is 8.13. The van der Waals surface area contributed by atoms with E-state index < -0.39 is 0 Å². The molecule has 3 rings (SSSR count). The minimum atomic E-state index is -0.130. The van der Waals surface area contributed by atoms with Gasteiger partial charge in [-0.2, -0.15) is 4.68 Å². The van der Waals surface area contributed by atoms with Crippen LogP contribution in [0.4, 0.5) is 0 Å². The Labute approximate surface area is 152 Å². The first-order valence-electron chi connectivity index (χ1n) is 8.61. The van der Waals surface area contributed by atoms with E-state index in [1.807, 2.05) is 12.1 Å². The Morgan fingerprint density at radius 1 is 1.27 bits per heavy atom. The van der Waals surface area contributed by atoms with E-state index in [2.05, 4.69) is 20.8 Å². The van der Waals surface area contributed by atoms with Crippen LogP contribution in [0.15, 0.2) is 18.2 Å². The van der Waals surface area contributed by atoms with Crippen LogP contribution in [0.3, 0.4) is 0 Å². The van der Waals surface area contributed by atoms with Gasteiger partial charge in [-0.3, -0.25) is 4.79 Å². The van der Waals surface area contributed by atoms with Gasteiger partial charge in [0.05, 0.1) is 32.5 Å². The van der Waals surface area contributed by atoms with Crippen LogP contribution in [-0.2, 0) is 11.3 Å². The molecule has 1 aromatic heterocycles. The monoisotopic (exact) mass is 360 g/mol. The normalized spacial score (nSPS) is 17.0. The third kappa shape index (κ3) is 3.93. The number of tetrazole rings is 1. The van der Waals surface area contributed by atoms with Crippen molar-refractivity contribution < 1.29 is 14.3 Å². The minimum Gasteiger partial charge on any atom is -0.497 e. The summed E-state index contributed by atoms with van der Waals surface area (Å²) in [5.74, 6) is 1.89.